The maximum atomic E-state index is 10.8. The smallest absolute Gasteiger partial charge is 0.130 e. The second-order valence-corrected chi connectivity index (χ2v) is 5.48. The van der Waals surface area contributed by atoms with Crippen LogP contribution in [0.5, 0.6) is 0 Å². The van der Waals surface area contributed by atoms with Gasteiger partial charge in [-0.15, -0.1) is 11.3 Å². The van der Waals surface area contributed by atoms with E-state index in [1.54, 1.807) is 11.3 Å². The van der Waals surface area contributed by atoms with Crippen LogP contribution in [0.1, 0.15) is 23.6 Å². The number of carbonyl (C=O) groups is 1. The van der Waals surface area contributed by atoms with E-state index < -0.39 is 0 Å². The molecule has 0 amide bonds. The standard InChI is InChI=1S/C9H11BrOS/c1-6-4-7(10)8(12-6)9(2,3)5-11/h4-5H,1-3H3. The van der Waals surface area contributed by atoms with Gasteiger partial charge in [-0.3, -0.25) is 0 Å². The molecular formula is C9H11BrOS. The minimum atomic E-state index is -0.363. The second-order valence-electron chi connectivity index (χ2n) is 3.37. The number of hydrogen-bond acceptors (Lipinski definition) is 2. The minimum absolute atomic E-state index is 0.363. The SMILES string of the molecule is Cc1cc(Br)c(C(C)(C)C=O)s1. The van der Waals surface area contributed by atoms with Crippen molar-refractivity contribution in [3.05, 3.63) is 20.3 Å². The molecule has 1 nitrogen and oxygen atoms in total. The molecule has 0 aliphatic heterocycles. The molecule has 0 spiro atoms. The lowest BCUT2D eigenvalue weighted by Crippen LogP contribution is -2.17. The summed E-state index contributed by atoms with van der Waals surface area (Å²) in [5.74, 6) is 0. The first-order chi connectivity index (χ1) is 5.47. The minimum Gasteiger partial charge on any atom is -0.302 e. The molecule has 1 rings (SSSR count). The Bertz CT molecular complexity index is 301. The third kappa shape index (κ3) is 1.77. The van der Waals surface area contributed by atoms with E-state index in [9.17, 15) is 4.79 Å². The second kappa shape index (κ2) is 3.30. The molecule has 3 heteroatoms. The molecule has 1 aromatic rings. The third-order valence-corrected chi connectivity index (χ3v) is 3.97. The van der Waals surface area contributed by atoms with Crippen molar-refractivity contribution in [2.45, 2.75) is 26.2 Å². The van der Waals surface area contributed by atoms with Crippen LogP contribution >= 0.6 is 27.3 Å². The molecule has 0 unspecified atom stereocenters. The molecule has 0 atom stereocenters. The van der Waals surface area contributed by atoms with Crippen LogP contribution in [0, 0.1) is 6.92 Å². The van der Waals surface area contributed by atoms with E-state index in [1.807, 2.05) is 26.8 Å². The molecule has 0 aromatic carbocycles. The Kier molecular flexibility index (Phi) is 2.74. The molecule has 0 saturated heterocycles. The lowest BCUT2D eigenvalue weighted by molar-refractivity contribution is -0.111. The third-order valence-electron chi connectivity index (χ3n) is 1.69. The van der Waals surface area contributed by atoms with Gasteiger partial charge in [0.25, 0.3) is 0 Å². The largest absolute Gasteiger partial charge is 0.302 e. The zero-order chi connectivity index (χ0) is 9.35. The van der Waals surface area contributed by atoms with Crippen molar-refractivity contribution in [2.75, 3.05) is 0 Å². The first kappa shape index (κ1) is 9.93. The summed E-state index contributed by atoms with van der Waals surface area (Å²) in [7, 11) is 0. The van der Waals surface area contributed by atoms with Crippen LogP contribution in [0.15, 0.2) is 10.5 Å². The van der Waals surface area contributed by atoms with Crippen molar-refractivity contribution < 1.29 is 4.79 Å². The fourth-order valence-corrected chi connectivity index (χ4v) is 3.19. The highest BCUT2D eigenvalue weighted by atomic mass is 79.9. The van der Waals surface area contributed by atoms with Crippen molar-refractivity contribution in [1.29, 1.82) is 0 Å². The van der Waals surface area contributed by atoms with Gasteiger partial charge in [0.15, 0.2) is 0 Å². The van der Waals surface area contributed by atoms with Gasteiger partial charge in [0.05, 0.1) is 5.41 Å². The molecule has 1 aromatic heterocycles. The number of rotatable bonds is 2. The quantitative estimate of drug-likeness (QED) is 0.733. The van der Waals surface area contributed by atoms with E-state index in [0.29, 0.717) is 0 Å². The normalized spacial score (nSPS) is 11.7. The lowest BCUT2D eigenvalue weighted by Gasteiger charge is -2.14. The average Bonchev–Trinajstić information content (AvgIpc) is 2.31. The molecule has 0 saturated carbocycles. The number of aldehydes is 1. The zero-order valence-corrected chi connectivity index (χ0v) is 9.75. The van der Waals surface area contributed by atoms with Crippen LogP contribution in [-0.4, -0.2) is 6.29 Å². The predicted octanol–water partition coefficient (Wildman–Crippen LogP) is 3.30. The maximum Gasteiger partial charge on any atom is 0.130 e. The van der Waals surface area contributed by atoms with E-state index in [0.717, 1.165) is 15.6 Å². The Balaban J connectivity index is 3.18. The Morgan fingerprint density at radius 2 is 2.17 bits per heavy atom. The summed E-state index contributed by atoms with van der Waals surface area (Å²) >= 11 is 5.11. The lowest BCUT2D eigenvalue weighted by atomic mass is 9.94. The van der Waals surface area contributed by atoms with Gasteiger partial charge in [-0.25, -0.2) is 0 Å². The maximum absolute atomic E-state index is 10.8. The predicted molar refractivity (Wildman–Crippen MR) is 55.8 cm³/mol. The molecule has 0 aliphatic rings. The Morgan fingerprint density at radius 3 is 2.50 bits per heavy atom. The van der Waals surface area contributed by atoms with Crippen LogP contribution in [0.25, 0.3) is 0 Å². The van der Waals surface area contributed by atoms with Gasteiger partial charge in [-0.1, -0.05) is 0 Å². The summed E-state index contributed by atoms with van der Waals surface area (Å²) in [4.78, 5) is 13.1. The molecule has 0 N–H and O–H groups in total. The van der Waals surface area contributed by atoms with Crippen LogP contribution in [-0.2, 0) is 10.2 Å². The summed E-state index contributed by atoms with van der Waals surface area (Å²) in [5, 5.41) is 0. The molecule has 12 heavy (non-hydrogen) atoms. The number of aryl methyl sites for hydroxylation is 1. The van der Waals surface area contributed by atoms with Gasteiger partial charge < -0.3 is 4.79 Å². The molecule has 0 bridgehead atoms. The van der Waals surface area contributed by atoms with Crippen LogP contribution in [0.4, 0.5) is 0 Å². The van der Waals surface area contributed by atoms with E-state index in [2.05, 4.69) is 15.9 Å². The summed E-state index contributed by atoms with van der Waals surface area (Å²) in [6.07, 6.45) is 0.989. The van der Waals surface area contributed by atoms with E-state index in [-0.39, 0.29) is 5.41 Å². The highest BCUT2D eigenvalue weighted by molar-refractivity contribution is 9.10. The topological polar surface area (TPSA) is 17.1 Å². The van der Waals surface area contributed by atoms with E-state index in [1.165, 1.54) is 4.88 Å². The van der Waals surface area contributed by atoms with Crippen molar-refractivity contribution >= 4 is 33.6 Å². The zero-order valence-electron chi connectivity index (χ0n) is 7.35. The van der Waals surface area contributed by atoms with E-state index >= 15 is 0 Å². The molecule has 0 aliphatic carbocycles. The van der Waals surface area contributed by atoms with Crippen LogP contribution in [0.2, 0.25) is 0 Å². The fraction of sp³-hybridized carbons (Fsp3) is 0.444. The molecule has 0 radical (unpaired) electrons. The van der Waals surface area contributed by atoms with Crippen molar-refractivity contribution in [1.82, 2.24) is 0 Å². The summed E-state index contributed by atoms with van der Waals surface area (Å²) in [6, 6.07) is 2.05. The Hall–Kier alpha value is -0.150. The van der Waals surface area contributed by atoms with Crippen LogP contribution < -0.4 is 0 Å². The molecule has 1 heterocycles. The van der Waals surface area contributed by atoms with Gasteiger partial charge in [0.2, 0.25) is 0 Å². The fourth-order valence-electron chi connectivity index (χ4n) is 0.976. The molecule has 66 valence electrons. The van der Waals surface area contributed by atoms with Crippen molar-refractivity contribution in [2.24, 2.45) is 0 Å². The van der Waals surface area contributed by atoms with E-state index in [4.69, 9.17) is 0 Å². The summed E-state index contributed by atoms with van der Waals surface area (Å²) < 4.78 is 1.04. The monoisotopic (exact) mass is 246 g/mol. The first-order valence-corrected chi connectivity index (χ1v) is 5.31. The number of halogens is 1. The number of carbonyl (C=O) groups excluding carboxylic acids is 1. The Labute approximate surface area is 84.9 Å². The van der Waals surface area contributed by atoms with Gasteiger partial charge in [0, 0.05) is 14.2 Å². The number of hydrogen-bond donors (Lipinski definition) is 0. The number of thiophene rings is 1. The molecular weight excluding hydrogens is 236 g/mol. The first-order valence-electron chi connectivity index (χ1n) is 3.70. The highest BCUT2D eigenvalue weighted by Gasteiger charge is 2.24. The highest BCUT2D eigenvalue weighted by Crippen LogP contribution is 2.35. The van der Waals surface area contributed by atoms with Crippen LogP contribution in [0.3, 0.4) is 0 Å². The van der Waals surface area contributed by atoms with Gasteiger partial charge in [-0.2, -0.15) is 0 Å². The van der Waals surface area contributed by atoms with Gasteiger partial charge in [0.1, 0.15) is 6.29 Å². The van der Waals surface area contributed by atoms with Crippen molar-refractivity contribution in [3.63, 3.8) is 0 Å². The summed E-state index contributed by atoms with van der Waals surface area (Å²) in [6.45, 7) is 5.89. The van der Waals surface area contributed by atoms with Gasteiger partial charge in [-0.05, 0) is 42.8 Å². The average molecular weight is 247 g/mol. The van der Waals surface area contributed by atoms with Crippen molar-refractivity contribution in [3.8, 4) is 0 Å². The Morgan fingerprint density at radius 1 is 1.58 bits per heavy atom. The van der Waals surface area contributed by atoms with Gasteiger partial charge >= 0.3 is 0 Å². The molecule has 0 fully saturated rings. The summed E-state index contributed by atoms with van der Waals surface area (Å²) in [5.41, 5.74) is -0.363.